The molecule has 1 saturated heterocycles. The summed E-state index contributed by atoms with van der Waals surface area (Å²) in [5.74, 6) is 1.83. The van der Waals surface area contributed by atoms with Crippen LogP contribution in [0.4, 0.5) is 0 Å². The molecule has 3 aliphatic rings. The minimum absolute atomic E-state index is 0.0532. The lowest BCUT2D eigenvalue weighted by Gasteiger charge is -2.33. The van der Waals surface area contributed by atoms with Gasteiger partial charge in [-0.05, 0) is 31.1 Å². The van der Waals surface area contributed by atoms with E-state index < -0.39 is 0 Å². The third-order valence-electron chi connectivity index (χ3n) is 4.60. The number of hydrogen-bond acceptors (Lipinski definition) is 2. The topological polar surface area (TPSA) is 26.3 Å². The Morgan fingerprint density at radius 2 is 2.31 bits per heavy atom. The van der Waals surface area contributed by atoms with Gasteiger partial charge in [0.1, 0.15) is 0 Å². The highest BCUT2D eigenvalue weighted by molar-refractivity contribution is 6.12. The minimum atomic E-state index is 0.0532. The molecule has 72 valence electrons. The molecule has 1 aliphatic heterocycles. The Balaban J connectivity index is 1.85. The van der Waals surface area contributed by atoms with Crippen LogP contribution in [-0.4, -0.2) is 22.8 Å². The SMILES string of the molecule is O=C1CC2(CO1)CC1CC2CC1[SiH3]. The van der Waals surface area contributed by atoms with E-state index in [1.54, 1.807) is 0 Å². The summed E-state index contributed by atoms with van der Waals surface area (Å²) in [7, 11) is 1.35. The lowest BCUT2D eigenvalue weighted by atomic mass is 9.72. The molecule has 0 aromatic rings. The maximum Gasteiger partial charge on any atom is 0.306 e. The first-order valence-electron chi connectivity index (χ1n) is 5.35. The largest absolute Gasteiger partial charge is 0.465 e. The first kappa shape index (κ1) is 8.03. The first-order chi connectivity index (χ1) is 6.20. The maximum atomic E-state index is 11.1. The Morgan fingerprint density at radius 1 is 1.46 bits per heavy atom. The average molecular weight is 196 g/mol. The average Bonchev–Trinajstić information content (AvgIpc) is 2.68. The third-order valence-corrected chi connectivity index (χ3v) is 6.01. The van der Waals surface area contributed by atoms with Crippen LogP contribution in [0.3, 0.4) is 0 Å². The molecule has 13 heavy (non-hydrogen) atoms. The van der Waals surface area contributed by atoms with E-state index in [4.69, 9.17) is 4.74 Å². The molecule has 0 radical (unpaired) electrons. The van der Waals surface area contributed by atoms with Crippen molar-refractivity contribution in [3.63, 3.8) is 0 Å². The Kier molecular flexibility index (Phi) is 1.47. The Morgan fingerprint density at radius 3 is 2.77 bits per heavy atom. The lowest BCUT2D eigenvalue weighted by Crippen LogP contribution is -2.29. The number of ether oxygens (including phenoxy) is 1. The van der Waals surface area contributed by atoms with Crippen LogP contribution in [0.25, 0.3) is 0 Å². The van der Waals surface area contributed by atoms with E-state index >= 15 is 0 Å². The highest BCUT2D eigenvalue weighted by atomic mass is 28.1. The summed E-state index contributed by atoms with van der Waals surface area (Å²) < 4.78 is 5.15. The Labute approximate surface area is 81.5 Å². The lowest BCUT2D eigenvalue weighted by molar-refractivity contribution is -0.137. The number of cyclic esters (lactones) is 1. The van der Waals surface area contributed by atoms with Gasteiger partial charge in [-0.25, -0.2) is 0 Å². The Bertz CT molecular complexity index is 264. The van der Waals surface area contributed by atoms with E-state index in [1.807, 2.05) is 0 Å². The van der Waals surface area contributed by atoms with Gasteiger partial charge in [0.05, 0.1) is 13.0 Å². The van der Waals surface area contributed by atoms with Crippen molar-refractivity contribution in [3.05, 3.63) is 0 Å². The number of rotatable bonds is 0. The van der Waals surface area contributed by atoms with Crippen molar-refractivity contribution in [2.45, 2.75) is 31.2 Å². The van der Waals surface area contributed by atoms with Gasteiger partial charge in [0, 0.05) is 15.7 Å². The summed E-state index contributed by atoms with van der Waals surface area (Å²) in [6.45, 7) is 0.737. The smallest absolute Gasteiger partial charge is 0.306 e. The fraction of sp³-hybridized carbons (Fsp3) is 0.900. The second kappa shape index (κ2) is 2.38. The summed E-state index contributed by atoms with van der Waals surface area (Å²) >= 11 is 0. The van der Waals surface area contributed by atoms with E-state index in [2.05, 4.69) is 0 Å². The van der Waals surface area contributed by atoms with E-state index in [0.717, 1.165) is 30.4 Å². The van der Waals surface area contributed by atoms with Crippen LogP contribution in [0.2, 0.25) is 5.54 Å². The summed E-state index contributed by atoms with van der Waals surface area (Å²) in [6.07, 6.45) is 4.80. The van der Waals surface area contributed by atoms with Gasteiger partial charge >= 0.3 is 5.97 Å². The van der Waals surface area contributed by atoms with Gasteiger partial charge in [0.15, 0.2) is 0 Å². The van der Waals surface area contributed by atoms with E-state index in [1.165, 1.54) is 29.5 Å². The first-order valence-corrected chi connectivity index (χ1v) is 6.51. The molecule has 0 aromatic heterocycles. The normalized spacial score (nSPS) is 53.5. The van der Waals surface area contributed by atoms with Gasteiger partial charge in [-0.15, -0.1) is 0 Å². The quantitative estimate of drug-likeness (QED) is 0.417. The fourth-order valence-corrected chi connectivity index (χ4v) is 4.89. The van der Waals surface area contributed by atoms with Crippen molar-refractivity contribution >= 4 is 16.2 Å². The predicted octanol–water partition coefficient (Wildman–Crippen LogP) is 0.503. The maximum absolute atomic E-state index is 11.1. The number of esters is 1. The zero-order valence-electron chi connectivity index (χ0n) is 8.08. The van der Waals surface area contributed by atoms with E-state index in [9.17, 15) is 4.79 Å². The van der Waals surface area contributed by atoms with Crippen molar-refractivity contribution in [2.24, 2.45) is 17.3 Å². The molecule has 0 N–H and O–H groups in total. The molecule has 2 saturated carbocycles. The van der Waals surface area contributed by atoms with Crippen LogP contribution < -0.4 is 0 Å². The van der Waals surface area contributed by atoms with E-state index in [0.29, 0.717) is 5.41 Å². The number of carbonyl (C=O) groups excluding carboxylic acids is 1. The predicted molar refractivity (Wildman–Crippen MR) is 52.5 cm³/mol. The number of fused-ring (bicyclic) bond motifs is 3. The number of hydrogen-bond donors (Lipinski definition) is 0. The summed E-state index contributed by atoms with van der Waals surface area (Å²) in [5, 5.41) is 0. The van der Waals surface area contributed by atoms with Crippen LogP contribution in [-0.2, 0) is 9.53 Å². The van der Waals surface area contributed by atoms with Crippen LogP contribution in [0.1, 0.15) is 25.7 Å². The molecule has 4 atom stereocenters. The second-order valence-corrected chi connectivity index (χ2v) is 6.79. The zero-order valence-corrected chi connectivity index (χ0v) is 10.1. The molecule has 0 amide bonds. The van der Waals surface area contributed by atoms with Crippen LogP contribution in [0.5, 0.6) is 0 Å². The standard InChI is InChI=1S/C10H16O2Si/c11-9-4-10(5-12-9)3-6-1-7(10)2-8(6)13/h6-8H,1-5H2,13H3. The highest BCUT2D eigenvalue weighted by Crippen LogP contribution is 2.62. The zero-order chi connectivity index (χ0) is 9.05. The molecule has 4 unspecified atom stereocenters. The minimum Gasteiger partial charge on any atom is -0.465 e. The van der Waals surface area contributed by atoms with Crippen LogP contribution >= 0.6 is 0 Å². The Hall–Kier alpha value is -0.313. The van der Waals surface area contributed by atoms with Crippen molar-refractivity contribution in [3.8, 4) is 0 Å². The van der Waals surface area contributed by atoms with Gasteiger partial charge in [0.2, 0.25) is 0 Å². The summed E-state index contributed by atoms with van der Waals surface area (Å²) in [6, 6.07) is 0. The van der Waals surface area contributed by atoms with Gasteiger partial charge in [0.25, 0.3) is 0 Å². The number of carbonyl (C=O) groups is 1. The molecule has 3 rings (SSSR count). The molecule has 3 fully saturated rings. The summed E-state index contributed by atoms with van der Waals surface area (Å²) in [4.78, 5) is 11.1. The molecule has 3 heteroatoms. The molecule has 2 nitrogen and oxygen atoms in total. The van der Waals surface area contributed by atoms with Crippen molar-refractivity contribution < 1.29 is 9.53 Å². The molecule has 1 spiro atoms. The van der Waals surface area contributed by atoms with Crippen molar-refractivity contribution in [1.29, 1.82) is 0 Å². The molecule has 0 aromatic carbocycles. The molecule has 2 aliphatic carbocycles. The van der Waals surface area contributed by atoms with Crippen LogP contribution in [0, 0.1) is 17.3 Å². The highest BCUT2D eigenvalue weighted by Gasteiger charge is 2.57. The molecule has 1 heterocycles. The molecule has 2 bridgehead atoms. The molecular weight excluding hydrogens is 180 g/mol. The van der Waals surface area contributed by atoms with Gasteiger partial charge < -0.3 is 4.74 Å². The second-order valence-electron chi connectivity index (χ2n) is 5.31. The van der Waals surface area contributed by atoms with Crippen molar-refractivity contribution in [1.82, 2.24) is 0 Å². The monoisotopic (exact) mass is 196 g/mol. The van der Waals surface area contributed by atoms with Gasteiger partial charge in [-0.3, -0.25) is 4.79 Å². The fourth-order valence-electron chi connectivity index (χ4n) is 3.82. The molecular formula is C10H16O2Si. The van der Waals surface area contributed by atoms with Crippen LogP contribution in [0.15, 0.2) is 0 Å². The van der Waals surface area contributed by atoms with Gasteiger partial charge in [-0.1, -0.05) is 5.54 Å². The van der Waals surface area contributed by atoms with Gasteiger partial charge in [-0.2, -0.15) is 0 Å². The van der Waals surface area contributed by atoms with E-state index in [-0.39, 0.29) is 5.97 Å². The van der Waals surface area contributed by atoms with Crippen molar-refractivity contribution in [2.75, 3.05) is 6.61 Å². The summed E-state index contributed by atoms with van der Waals surface area (Å²) in [5.41, 5.74) is 1.34. The third kappa shape index (κ3) is 0.966.